The van der Waals surface area contributed by atoms with Crippen molar-refractivity contribution >= 4 is 49.4 Å². The van der Waals surface area contributed by atoms with Crippen molar-refractivity contribution in [1.29, 1.82) is 0 Å². The Balaban J connectivity index is 2.10. The van der Waals surface area contributed by atoms with Gasteiger partial charge in [0.25, 0.3) is 5.91 Å². The summed E-state index contributed by atoms with van der Waals surface area (Å²) in [5, 5.41) is 0. The second kappa shape index (κ2) is 9.27. The van der Waals surface area contributed by atoms with Gasteiger partial charge in [0.1, 0.15) is 0 Å². The van der Waals surface area contributed by atoms with E-state index in [2.05, 4.69) is 20.9 Å². The molecule has 146 valence electrons. The Hall–Kier alpha value is -2.29. The Morgan fingerprint density at radius 3 is 2.71 bits per heavy atom. The lowest BCUT2D eigenvalue weighted by Gasteiger charge is -2.05. The topological polar surface area (TPSA) is 69.9 Å². The zero-order valence-corrected chi connectivity index (χ0v) is 17.9. The molecule has 0 aliphatic carbocycles. The molecule has 28 heavy (non-hydrogen) atoms. The number of hydrogen-bond donors (Lipinski definition) is 0. The van der Waals surface area contributed by atoms with E-state index in [0.29, 0.717) is 40.2 Å². The van der Waals surface area contributed by atoms with Crippen molar-refractivity contribution in [3.63, 3.8) is 0 Å². The van der Waals surface area contributed by atoms with Gasteiger partial charge in [-0.1, -0.05) is 23.5 Å². The van der Waals surface area contributed by atoms with Crippen molar-refractivity contribution in [1.82, 2.24) is 4.57 Å². The zero-order valence-electron chi connectivity index (χ0n) is 15.5. The molecule has 0 unspecified atom stereocenters. The van der Waals surface area contributed by atoms with Crippen LogP contribution in [0.3, 0.4) is 0 Å². The smallest absolute Gasteiger partial charge is 0.338 e. The number of carbonyl (C=O) groups excluding carboxylic acids is 2. The molecule has 0 spiro atoms. The molecule has 0 aliphatic rings. The van der Waals surface area contributed by atoms with E-state index in [1.807, 2.05) is 16.7 Å². The van der Waals surface area contributed by atoms with E-state index in [-0.39, 0.29) is 11.9 Å². The highest BCUT2D eigenvalue weighted by Gasteiger charge is 2.14. The maximum atomic E-state index is 12.7. The normalized spacial score (nSPS) is 11.8. The van der Waals surface area contributed by atoms with Gasteiger partial charge in [0, 0.05) is 18.1 Å². The predicted octanol–water partition coefficient (Wildman–Crippen LogP) is 4.03. The molecule has 1 aromatic heterocycles. The molecule has 0 fully saturated rings. The van der Waals surface area contributed by atoms with Gasteiger partial charge in [0.05, 0.1) is 34.6 Å². The summed E-state index contributed by atoms with van der Waals surface area (Å²) in [6, 6.07) is 12.5. The van der Waals surface area contributed by atoms with Crippen molar-refractivity contribution in [3.05, 3.63) is 62.9 Å². The largest absolute Gasteiger partial charge is 0.462 e. The Kier molecular flexibility index (Phi) is 6.77. The average Bonchev–Trinajstić information content (AvgIpc) is 3.02. The Bertz CT molecular complexity index is 1090. The fraction of sp³-hybridized carbons (Fsp3) is 0.250. The third-order valence-corrected chi connectivity index (χ3v) is 5.75. The number of methoxy groups -OCH3 is 1. The first-order valence-electron chi connectivity index (χ1n) is 8.68. The minimum Gasteiger partial charge on any atom is -0.462 e. The first-order chi connectivity index (χ1) is 13.5. The summed E-state index contributed by atoms with van der Waals surface area (Å²) in [4.78, 5) is 29.6. The van der Waals surface area contributed by atoms with E-state index in [1.54, 1.807) is 44.4 Å². The molecule has 6 nitrogen and oxygen atoms in total. The van der Waals surface area contributed by atoms with Crippen molar-refractivity contribution in [2.24, 2.45) is 4.99 Å². The van der Waals surface area contributed by atoms with Crippen LogP contribution in [-0.2, 0) is 16.0 Å². The van der Waals surface area contributed by atoms with Crippen LogP contribution in [0.5, 0.6) is 0 Å². The summed E-state index contributed by atoms with van der Waals surface area (Å²) in [6.07, 6.45) is 0. The standard InChI is InChI=1S/C20H19BrN2O4S/c1-3-27-19(25)13-8-9-16-17(12-13)28-20(23(16)10-11-26-2)22-18(24)14-6-4-5-7-15(14)21/h4-9,12H,3,10-11H2,1-2H3. The SMILES string of the molecule is CCOC(=O)c1ccc2c(c1)sc(=NC(=O)c1ccccc1Br)n2CCOC. The first kappa shape index (κ1) is 20.4. The molecule has 0 radical (unpaired) electrons. The van der Waals surface area contributed by atoms with Gasteiger partial charge in [0.15, 0.2) is 4.80 Å². The van der Waals surface area contributed by atoms with Gasteiger partial charge in [-0.25, -0.2) is 4.79 Å². The van der Waals surface area contributed by atoms with Gasteiger partial charge in [-0.05, 0) is 53.2 Å². The van der Waals surface area contributed by atoms with E-state index in [9.17, 15) is 9.59 Å². The second-order valence-electron chi connectivity index (χ2n) is 5.83. The lowest BCUT2D eigenvalue weighted by atomic mass is 10.2. The van der Waals surface area contributed by atoms with Crippen molar-refractivity contribution in [2.75, 3.05) is 20.3 Å². The molecule has 0 bridgehead atoms. The molecule has 1 heterocycles. The van der Waals surface area contributed by atoms with E-state index >= 15 is 0 Å². The number of rotatable bonds is 6. The summed E-state index contributed by atoms with van der Waals surface area (Å²) in [7, 11) is 1.62. The summed E-state index contributed by atoms with van der Waals surface area (Å²) >= 11 is 4.74. The molecule has 3 aromatic rings. The lowest BCUT2D eigenvalue weighted by molar-refractivity contribution is 0.0526. The first-order valence-corrected chi connectivity index (χ1v) is 10.3. The molecule has 1 amide bonds. The van der Waals surface area contributed by atoms with Gasteiger partial charge < -0.3 is 14.0 Å². The highest BCUT2D eigenvalue weighted by molar-refractivity contribution is 9.10. The highest BCUT2D eigenvalue weighted by atomic mass is 79.9. The number of halogens is 1. The number of ether oxygens (including phenoxy) is 2. The molecule has 0 atom stereocenters. The highest BCUT2D eigenvalue weighted by Crippen LogP contribution is 2.21. The second-order valence-corrected chi connectivity index (χ2v) is 7.69. The Labute approximate surface area is 174 Å². The van der Waals surface area contributed by atoms with Crippen LogP contribution in [0, 0.1) is 0 Å². The molecule has 3 rings (SSSR count). The lowest BCUT2D eigenvalue weighted by Crippen LogP contribution is -2.19. The maximum Gasteiger partial charge on any atom is 0.338 e. The van der Waals surface area contributed by atoms with E-state index in [1.165, 1.54) is 11.3 Å². The minimum atomic E-state index is -0.371. The molecule has 0 N–H and O–H groups in total. The fourth-order valence-electron chi connectivity index (χ4n) is 2.68. The van der Waals surface area contributed by atoms with E-state index in [4.69, 9.17) is 9.47 Å². The minimum absolute atomic E-state index is 0.316. The number of esters is 1. The summed E-state index contributed by atoms with van der Waals surface area (Å²) in [6.45, 7) is 3.10. The quantitative estimate of drug-likeness (QED) is 0.518. The van der Waals surface area contributed by atoms with Gasteiger partial charge in [-0.3, -0.25) is 4.79 Å². The van der Waals surface area contributed by atoms with Crippen LogP contribution in [0.25, 0.3) is 10.2 Å². The van der Waals surface area contributed by atoms with Crippen LogP contribution in [0.1, 0.15) is 27.6 Å². The number of amides is 1. The number of benzene rings is 2. The maximum absolute atomic E-state index is 12.7. The van der Waals surface area contributed by atoms with Crippen molar-refractivity contribution < 1.29 is 19.1 Å². The monoisotopic (exact) mass is 462 g/mol. The average molecular weight is 463 g/mol. The fourth-order valence-corrected chi connectivity index (χ4v) is 4.23. The van der Waals surface area contributed by atoms with Gasteiger partial charge >= 0.3 is 5.97 Å². The van der Waals surface area contributed by atoms with Crippen molar-refractivity contribution in [2.45, 2.75) is 13.5 Å². The van der Waals surface area contributed by atoms with Crippen LogP contribution in [0.2, 0.25) is 0 Å². The van der Waals surface area contributed by atoms with Gasteiger partial charge in [-0.2, -0.15) is 4.99 Å². The number of fused-ring (bicyclic) bond motifs is 1. The summed E-state index contributed by atoms with van der Waals surface area (Å²) in [5.41, 5.74) is 1.84. The van der Waals surface area contributed by atoms with Crippen LogP contribution >= 0.6 is 27.3 Å². The molecule has 0 aliphatic heterocycles. The number of nitrogens with zero attached hydrogens (tertiary/aromatic N) is 2. The number of carbonyl (C=O) groups is 2. The van der Waals surface area contributed by atoms with Gasteiger partial charge in [0.2, 0.25) is 0 Å². The third kappa shape index (κ3) is 4.40. The molecule has 0 saturated heterocycles. The van der Waals surface area contributed by atoms with E-state index in [0.717, 1.165) is 10.2 Å². The third-order valence-electron chi connectivity index (χ3n) is 4.01. The predicted molar refractivity (Wildman–Crippen MR) is 112 cm³/mol. The van der Waals surface area contributed by atoms with Crippen LogP contribution in [0.4, 0.5) is 0 Å². The molecule has 2 aromatic carbocycles. The van der Waals surface area contributed by atoms with Crippen LogP contribution in [-0.4, -0.2) is 36.8 Å². The van der Waals surface area contributed by atoms with Crippen LogP contribution < -0.4 is 4.80 Å². The Morgan fingerprint density at radius 2 is 2.00 bits per heavy atom. The molecular weight excluding hydrogens is 444 g/mol. The Morgan fingerprint density at radius 1 is 1.21 bits per heavy atom. The van der Waals surface area contributed by atoms with Crippen LogP contribution in [0.15, 0.2) is 51.9 Å². The zero-order chi connectivity index (χ0) is 20.1. The van der Waals surface area contributed by atoms with Crippen molar-refractivity contribution in [3.8, 4) is 0 Å². The molecule has 0 saturated carbocycles. The summed E-state index contributed by atoms with van der Waals surface area (Å²) < 4.78 is 13.7. The summed E-state index contributed by atoms with van der Waals surface area (Å²) in [5.74, 6) is -0.708. The number of aromatic nitrogens is 1. The van der Waals surface area contributed by atoms with E-state index < -0.39 is 0 Å². The number of thiazole rings is 1. The number of hydrogen-bond acceptors (Lipinski definition) is 5. The molecular formula is C20H19BrN2O4S. The van der Waals surface area contributed by atoms with Gasteiger partial charge in [-0.15, -0.1) is 0 Å². The molecule has 8 heteroatoms.